The van der Waals surface area contributed by atoms with Crippen LogP contribution >= 0.6 is 0 Å². The van der Waals surface area contributed by atoms with Crippen LogP contribution in [0.5, 0.6) is 0 Å². The van der Waals surface area contributed by atoms with Gasteiger partial charge >= 0.3 is 0 Å². The van der Waals surface area contributed by atoms with Crippen molar-refractivity contribution in [1.29, 1.82) is 0 Å². The molecule has 0 saturated carbocycles. The number of amides is 2. The summed E-state index contributed by atoms with van der Waals surface area (Å²) < 4.78 is 0. The predicted molar refractivity (Wildman–Crippen MR) is 125 cm³/mol. The predicted octanol–water partition coefficient (Wildman–Crippen LogP) is 6.09. The number of nitrogens with one attached hydrogen (secondary N) is 2. The van der Waals surface area contributed by atoms with Crippen molar-refractivity contribution in [3.8, 4) is 0 Å². The van der Waals surface area contributed by atoms with Crippen molar-refractivity contribution in [2.24, 2.45) is 22.2 Å². The molecule has 4 nitrogen and oxygen atoms in total. The summed E-state index contributed by atoms with van der Waals surface area (Å²) in [5.74, 6) is 0.607. The van der Waals surface area contributed by atoms with Gasteiger partial charge in [0.1, 0.15) is 0 Å². The van der Waals surface area contributed by atoms with Crippen LogP contribution in [0.25, 0.3) is 0 Å². The normalized spacial score (nSPS) is 15.0. The first kappa shape index (κ1) is 27.9. The Balaban J connectivity index is 4.94. The standard InChI is InChI=1S/C25H50N2O2/c1-11-14-15-24(8,9)21(28)26-18-19(4)16-20(17-23(5,6)7)27-22(29)25(10,12-2)13-3/h19-20H,11-18H2,1-10H3,(H,26,28)(H,27,29). The van der Waals surface area contributed by atoms with Crippen LogP contribution in [0.3, 0.4) is 0 Å². The van der Waals surface area contributed by atoms with Crippen LogP contribution in [-0.2, 0) is 9.59 Å². The summed E-state index contributed by atoms with van der Waals surface area (Å²) in [6.45, 7) is 21.9. The van der Waals surface area contributed by atoms with Crippen LogP contribution in [0.15, 0.2) is 0 Å². The molecule has 4 heteroatoms. The second-order valence-electron chi connectivity index (χ2n) is 11.2. The molecule has 0 aromatic heterocycles. The third kappa shape index (κ3) is 10.5. The van der Waals surface area contributed by atoms with Crippen molar-refractivity contribution in [2.45, 2.75) is 120 Å². The summed E-state index contributed by atoms with van der Waals surface area (Å²) in [5.41, 5.74) is -0.492. The fraction of sp³-hybridized carbons (Fsp3) is 0.920. The second-order valence-corrected chi connectivity index (χ2v) is 11.2. The van der Waals surface area contributed by atoms with Gasteiger partial charge in [0.05, 0.1) is 0 Å². The number of hydrogen-bond donors (Lipinski definition) is 2. The van der Waals surface area contributed by atoms with E-state index in [0.717, 1.165) is 44.9 Å². The zero-order valence-corrected chi connectivity index (χ0v) is 21.1. The van der Waals surface area contributed by atoms with Crippen molar-refractivity contribution >= 4 is 11.8 Å². The van der Waals surface area contributed by atoms with Crippen molar-refractivity contribution in [3.05, 3.63) is 0 Å². The molecule has 0 aromatic carbocycles. The topological polar surface area (TPSA) is 58.2 Å². The Morgan fingerprint density at radius 3 is 1.90 bits per heavy atom. The van der Waals surface area contributed by atoms with Crippen LogP contribution in [0.2, 0.25) is 0 Å². The number of rotatable bonds is 13. The molecule has 0 aliphatic heterocycles. The van der Waals surface area contributed by atoms with Gasteiger partial charge in [-0.25, -0.2) is 0 Å². The zero-order valence-electron chi connectivity index (χ0n) is 21.1. The van der Waals surface area contributed by atoms with Gasteiger partial charge < -0.3 is 10.6 Å². The Labute approximate surface area is 181 Å². The second kappa shape index (κ2) is 12.0. The van der Waals surface area contributed by atoms with Gasteiger partial charge in [-0.1, -0.05) is 82.1 Å². The molecule has 0 heterocycles. The molecule has 0 spiro atoms. The van der Waals surface area contributed by atoms with Gasteiger partial charge in [-0.2, -0.15) is 0 Å². The van der Waals surface area contributed by atoms with E-state index < -0.39 is 0 Å². The van der Waals surface area contributed by atoms with E-state index in [9.17, 15) is 9.59 Å². The van der Waals surface area contributed by atoms with E-state index in [1.807, 2.05) is 13.8 Å². The number of carbonyl (C=O) groups is 2. The highest BCUT2D eigenvalue weighted by Gasteiger charge is 2.32. The van der Waals surface area contributed by atoms with Gasteiger partial charge in [0.25, 0.3) is 0 Å². The molecule has 0 rings (SSSR count). The van der Waals surface area contributed by atoms with E-state index in [4.69, 9.17) is 0 Å². The Bertz CT molecular complexity index is 501. The van der Waals surface area contributed by atoms with Gasteiger partial charge in [0, 0.05) is 23.4 Å². The van der Waals surface area contributed by atoms with Gasteiger partial charge in [0.2, 0.25) is 11.8 Å². The summed E-state index contributed by atoms with van der Waals surface area (Å²) in [6.07, 6.45) is 6.59. The van der Waals surface area contributed by atoms with Gasteiger partial charge in [-0.05, 0) is 43.4 Å². The van der Waals surface area contributed by atoms with Crippen molar-refractivity contribution in [1.82, 2.24) is 10.6 Å². The quantitative estimate of drug-likeness (QED) is 0.386. The summed E-state index contributed by atoms with van der Waals surface area (Å²) in [4.78, 5) is 25.5. The summed E-state index contributed by atoms with van der Waals surface area (Å²) in [7, 11) is 0. The largest absolute Gasteiger partial charge is 0.355 e. The molecule has 0 aliphatic rings. The van der Waals surface area contributed by atoms with Crippen molar-refractivity contribution in [2.75, 3.05) is 6.54 Å². The monoisotopic (exact) mass is 410 g/mol. The minimum absolute atomic E-state index is 0.125. The minimum atomic E-state index is -0.321. The maximum Gasteiger partial charge on any atom is 0.226 e. The summed E-state index contributed by atoms with van der Waals surface area (Å²) in [5, 5.41) is 6.50. The van der Waals surface area contributed by atoms with Gasteiger partial charge in [0.15, 0.2) is 0 Å². The van der Waals surface area contributed by atoms with Crippen LogP contribution in [0.4, 0.5) is 0 Å². The van der Waals surface area contributed by atoms with Crippen molar-refractivity contribution < 1.29 is 9.59 Å². The van der Waals surface area contributed by atoms with E-state index in [0.29, 0.717) is 12.5 Å². The number of carbonyl (C=O) groups excluding carboxylic acids is 2. The molecular weight excluding hydrogens is 360 g/mol. The fourth-order valence-corrected chi connectivity index (χ4v) is 3.67. The first-order valence-corrected chi connectivity index (χ1v) is 11.8. The van der Waals surface area contributed by atoms with Crippen LogP contribution in [-0.4, -0.2) is 24.4 Å². The molecule has 2 N–H and O–H groups in total. The lowest BCUT2D eigenvalue weighted by atomic mass is 9.81. The molecule has 0 fully saturated rings. The Kier molecular flexibility index (Phi) is 11.5. The van der Waals surface area contributed by atoms with Crippen LogP contribution < -0.4 is 10.6 Å². The average molecular weight is 411 g/mol. The fourth-order valence-electron chi connectivity index (χ4n) is 3.67. The maximum atomic E-state index is 12.9. The molecule has 0 radical (unpaired) electrons. The Morgan fingerprint density at radius 1 is 0.897 bits per heavy atom. The third-order valence-corrected chi connectivity index (χ3v) is 6.37. The molecule has 2 atom stereocenters. The van der Waals surface area contributed by atoms with Gasteiger partial charge in [-0.15, -0.1) is 0 Å². The zero-order chi connectivity index (χ0) is 22.9. The molecule has 0 aliphatic carbocycles. The molecule has 172 valence electrons. The summed E-state index contributed by atoms with van der Waals surface area (Å²) in [6, 6.07) is 0.125. The first-order chi connectivity index (χ1) is 13.2. The molecule has 2 amide bonds. The first-order valence-electron chi connectivity index (χ1n) is 11.8. The number of hydrogen-bond acceptors (Lipinski definition) is 2. The van der Waals surface area contributed by atoms with Gasteiger partial charge in [-0.3, -0.25) is 9.59 Å². The van der Waals surface area contributed by atoms with Crippen LogP contribution in [0.1, 0.15) is 114 Å². The lowest BCUT2D eigenvalue weighted by molar-refractivity contribution is -0.132. The molecule has 0 aromatic rings. The Hall–Kier alpha value is -1.06. The maximum absolute atomic E-state index is 12.9. The summed E-state index contributed by atoms with van der Waals surface area (Å²) >= 11 is 0. The van der Waals surface area contributed by atoms with E-state index in [2.05, 4.69) is 66.0 Å². The minimum Gasteiger partial charge on any atom is -0.355 e. The van der Waals surface area contributed by atoms with E-state index in [1.165, 1.54) is 0 Å². The molecule has 0 bridgehead atoms. The Morgan fingerprint density at radius 2 is 1.45 bits per heavy atom. The lowest BCUT2D eigenvalue weighted by Gasteiger charge is -2.33. The highest BCUT2D eigenvalue weighted by atomic mass is 16.2. The number of unbranched alkanes of at least 4 members (excludes halogenated alkanes) is 1. The van der Waals surface area contributed by atoms with E-state index >= 15 is 0 Å². The molecule has 2 unspecified atom stereocenters. The average Bonchev–Trinajstić information content (AvgIpc) is 2.62. The highest BCUT2D eigenvalue weighted by molar-refractivity contribution is 5.82. The van der Waals surface area contributed by atoms with Crippen LogP contribution in [0, 0.1) is 22.2 Å². The van der Waals surface area contributed by atoms with Crippen molar-refractivity contribution in [3.63, 3.8) is 0 Å². The highest BCUT2D eigenvalue weighted by Crippen LogP contribution is 2.29. The van der Waals surface area contributed by atoms with E-state index in [-0.39, 0.29) is 34.1 Å². The molecule has 0 saturated heterocycles. The SMILES string of the molecule is CCCCC(C)(C)C(=O)NCC(C)CC(CC(C)(C)C)NC(=O)C(C)(CC)CC. The third-order valence-electron chi connectivity index (χ3n) is 6.37. The smallest absolute Gasteiger partial charge is 0.226 e. The van der Waals surface area contributed by atoms with E-state index in [1.54, 1.807) is 0 Å². The lowest BCUT2D eigenvalue weighted by Crippen LogP contribution is -2.46. The molecule has 29 heavy (non-hydrogen) atoms. The molecular formula is C25H50N2O2.